The molecule has 34 heavy (non-hydrogen) atoms. The highest BCUT2D eigenvalue weighted by Gasteiger charge is 2.39. The second kappa shape index (κ2) is 8.03. The summed E-state index contributed by atoms with van der Waals surface area (Å²) in [5.74, 6) is -0.136. The SMILES string of the molecule is Cc1cccc(-c2nc(C(=O)Nc3cc4cn(CC5(F)COC5)nc4cc3C(C)(C)O)co2)c1. The minimum Gasteiger partial charge on any atom is -0.444 e. The van der Waals surface area contributed by atoms with Crippen LogP contribution >= 0.6 is 0 Å². The van der Waals surface area contributed by atoms with E-state index >= 15 is 0 Å². The molecule has 0 atom stereocenters. The second-order valence-corrected chi connectivity index (χ2v) is 9.35. The van der Waals surface area contributed by atoms with Crippen molar-refractivity contribution >= 4 is 22.5 Å². The first-order valence-electron chi connectivity index (χ1n) is 10.9. The lowest BCUT2D eigenvalue weighted by Gasteiger charge is -2.33. The summed E-state index contributed by atoms with van der Waals surface area (Å²) in [7, 11) is 0. The van der Waals surface area contributed by atoms with E-state index in [0.29, 0.717) is 28.0 Å². The monoisotopic (exact) mass is 464 g/mol. The molecule has 1 fully saturated rings. The largest absolute Gasteiger partial charge is 0.444 e. The van der Waals surface area contributed by atoms with Gasteiger partial charge in [-0.05, 0) is 45.0 Å². The third-order valence-corrected chi connectivity index (χ3v) is 5.77. The first kappa shape index (κ1) is 22.2. The average molecular weight is 464 g/mol. The Bertz CT molecular complexity index is 1380. The van der Waals surface area contributed by atoms with Gasteiger partial charge >= 0.3 is 0 Å². The number of amides is 1. The average Bonchev–Trinajstić information content (AvgIpc) is 3.38. The molecule has 4 aromatic rings. The first-order chi connectivity index (χ1) is 16.1. The van der Waals surface area contributed by atoms with E-state index in [1.165, 1.54) is 10.9 Å². The Morgan fingerprint density at radius 1 is 1.29 bits per heavy atom. The Kier molecular flexibility index (Phi) is 5.26. The highest BCUT2D eigenvalue weighted by molar-refractivity contribution is 6.04. The summed E-state index contributed by atoms with van der Waals surface area (Å²) in [5, 5.41) is 18.7. The number of benzene rings is 2. The third-order valence-electron chi connectivity index (χ3n) is 5.77. The molecular weight excluding hydrogens is 439 g/mol. The molecule has 1 aliphatic rings. The number of carbonyl (C=O) groups excluding carboxylic acids is 1. The number of alkyl halides is 1. The number of halogens is 1. The van der Waals surface area contributed by atoms with Crippen molar-refractivity contribution in [3.8, 4) is 11.5 Å². The zero-order valence-corrected chi connectivity index (χ0v) is 19.1. The molecule has 0 bridgehead atoms. The van der Waals surface area contributed by atoms with Crippen LogP contribution in [0.2, 0.25) is 0 Å². The van der Waals surface area contributed by atoms with Gasteiger partial charge in [-0.2, -0.15) is 5.10 Å². The van der Waals surface area contributed by atoms with Crippen LogP contribution in [0.3, 0.4) is 0 Å². The lowest BCUT2D eigenvalue weighted by molar-refractivity contribution is -0.138. The third kappa shape index (κ3) is 4.32. The molecule has 2 N–H and O–H groups in total. The summed E-state index contributed by atoms with van der Waals surface area (Å²) in [5.41, 5.74) is 0.705. The first-order valence-corrected chi connectivity index (χ1v) is 10.9. The lowest BCUT2D eigenvalue weighted by atomic mass is 9.95. The molecule has 0 saturated carbocycles. The van der Waals surface area contributed by atoms with Crippen molar-refractivity contribution in [2.24, 2.45) is 0 Å². The van der Waals surface area contributed by atoms with Crippen LogP contribution in [0.15, 0.2) is 53.3 Å². The Morgan fingerprint density at radius 2 is 2.09 bits per heavy atom. The van der Waals surface area contributed by atoms with Gasteiger partial charge in [-0.3, -0.25) is 9.48 Å². The summed E-state index contributed by atoms with van der Waals surface area (Å²) in [6, 6.07) is 11.0. The number of aryl methyl sites for hydroxylation is 1. The molecule has 0 aliphatic carbocycles. The smallest absolute Gasteiger partial charge is 0.277 e. The van der Waals surface area contributed by atoms with E-state index in [4.69, 9.17) is 9.15 Å². The molecule has 176 valence electrons. The Labute approximate surface area is 195 Å². The number of aliphatic hydroxyl groups is 1. The van der Waals surface area contributed by atoms with Gasteiger partial charge in [0, 0.05) is 28.4 Å². The van der Waals surface area contributed by atoms with Gasteiger partial charge in [0.25, 0.3) is 5.91 Å². The van der Waals surface area contributed by atoms with Crippen molar-refractivity contribution in [3.05, 3.63) is 65.7 Å². The Morgan fingerprint density at radius 3 is 2.76 bits per heavy atom. The van der Waals surface area contributed by atoms with E-state index in [2.05, 4.69) is 15.4 Å². The second-order valence-electron chi connectivity index (χ2n) is 9.35. The van der Waals surface area contributed by atoms with Gasteiger partial charge in [-0.1, -0.05) is 17.7 Å². The van der Waals surface area contributed by atoms with E-state index in [1.54, 1.807) is 32.2 Å². The lowest BCUT2D eigenvalue weighted by Crippen LogP contribution is -2.48. The number of carbonyl (C=O) groups is 1. The van der Waals surface area contributed by atoms with Crippen LogP contribution in [0.5, 0.6) is 0 Å². The van der Waals surface area contributed by atoms with Crippen molar-refractivity contribution in [1.29, 1.82) is 0 Å². The fourth-order valence-electron chi connectivity index (χ4n) is 3.99. The van der Waals surface area contributed by atoms with Crippen LogP contribution in [-0.4, -0.2) is 44.7 Å². The number of anilines is 1. The minimum atomic E-state index is -1.43. The maximum atomic E-state index is 14.5. The van der Waals surface area contributed by atoms with Crippen molar-refractivity contribution in [3.63, 3.8) is 0 Å². The molecule has 5 rings (SSSR count). The predicted molar refractivity (Wildman–Crippen MR) is 124 cm³/mol. The summed E-state index contributed by atoms with van der Waals surface area (Å²) in [4.78, 5) is 17.3. The minimum absolute atomic E-state index is 0.0433. The maximum absolute atomic E-state index is 14.5. The van der Waals surface area contributed by atoms with Crippen molar-refractivity contribution < 1.29 is 23.4 Å². The van der Waals surface area contributed by atoms with Crippen LogP contribution in [0.4, 0.5) is 10.1 Å². The topological polar surface area (TPSA) is 102 Å². The van der Waals surface area contributed by atoms with E-state index in [9.17, 15) is 14.3 Å². The maximum Gasteiger partial charge on any atom is 0.277 e. The molecule has 3 heterocycles. The van der Waals surface area contributed by atoms with Crippen molar-refractivity contribution in [2.45, 2.75) is 38.6 Å². The molecule has 1 amide bonds. The van der Waals surface area contributed by atoms with E-state index in [-0.39, 0.29) is 25.5 Å². The van der Waals surface area contributed by atoms with Crippen LogP contribution in [0, 0.1) is 6.92 Å². The molecule has 9 heteroatoms. The molecule has 2 aromatic heterocycles. The number of ether oxygens (including phenoxy) is 1. The van der Waals surface area contributed by atoms with Crippen LogP contribution in [0.1, 0.15) is 35.5 Å². The number of oxazole rings is 1. The molecule has 8 nitrogen and oxygen atoms in total. The number of nitrogens with zero attached hydrogens (tertiary/aromatic N) is 3. The van der Waals surface area contributed by atoms with E-state index in [1.807, 2.05) is 31.2 Å². The summed E-state index contributed by atoms with van der Waals surface area (Å²) >= 11 is 0. The molecular formula is C25H25FN4O4. The number of nitrogens with one attached hydrogen (secondary N) is 1. The highest BCUT2D eigenvalue weighted by atomic mass is 19.1. The zero-order valence-electron chi connectivity index (χ0n) is 19.1. The van der Waals surface area contributed by atoms with Gasteiger partial charge in [-0.25, -0.2) is 9.37 Å². The predicted octanol–water partition coefficient (Wildman–Crippen LogP) is 4.22. The van der Waals surface area contributed by atoms with Gasteiger partial charge < -0.3 is 19.6 Å². The fraction of sp³-hybridized carbons (Fsp3) is 0.320. The van der Waals surface area contributed by atoms with Gasteiger partial charge in [0.2, 0.25) is 5.89 Å². The molecule has 2 aromatic carbocycles. The number of hydrogen-bond donors (Lipinski definition) is 2. The quantitative estimate of drug-likeness (QED) is 0.443. The fourth-order valence-corrected chi connectivity index (χ4v) is 3.99. The molecule has 1 aliphatic heterocycles. The Balaban J connectivity index is 1.44. The number of aromatic nitrogens is 3. The summed E-state index contributed by atoms with van der Waals surface area (Å²) < 4.78 is 26.5. The van der Waals surface area contributed by atoms with Crippen molar-refractivity contribution in [2.75, 3.05) is 18.5 Å². The highest BCUT2D eigenvalue weighted by Crippen LogP contribution is 2.33. The van der Waals surface area contributed by atoms with Gasteiger partial charge in [-0.15, -0.1) is 0 Å². The summed E-state index contributed by atoms with van der Waals surface area (Å²) in [6.45, 7) is 5.36. The zero-order chi connectivity index (χ0) is 24.1. The van der Waals surface area contributed by atoms with E-state index < -0.39 is 17.2 Å². The van der Waals surface area contributed by atoms with Gasteiger partial charge in [0.15, 0.2) is 11.4 Å². The molecule has 0 spiro atoms. The normalized spacial score (nSPS) is 15.3. The number of fused-ring (bicyclic) bond motifs is 1. The van der Waals surface area contributed by atoms with Crippen LogP contribution < -0.4 is 5.32 Å². The Hall–Kier alpha value is -3.56. The van der Waals surface area contributed by atoms with Crippen LogP contribution in [0.25, 0.3) is 22.4 Å². The molecule has 0 unspecified atom stereocenters. The number of hydrogen-bond acceptors (Lipinski definition) is 6. The van der Waals surface area contributed by atoms with E-state index in [0.717, 1.165) is 11.1 Å². The molecule has 1 saturated heterocycles. The summed E-state index contributed by atoms with van der Waals surface area (Å²) in [6.07, 6.45) is 3.01. The van der Waals surface area contributed by atoms with Gasteiger partial charge in [0.05, 0.1) is 30.9 Å². The van der Waals surface area contributed by atoms with Crippen molar-refractivity contribution in [1.82, 2.24) is 14.8 Å². The number of rotatable bonds is 6. The van der Waals surface area contributed by atoms with Crippen LogP contribution in [-0.2, 0) is 16.9 Å². The van der Waals surface area contributed by atoms with Gasteiger partial charge in [0.1, 0.15) is 6.26 Å². The molecule has 0 radical (unpaired) electrons. The standard InChI is InChI=1S/C25H25FN4O4/c1-15-5-4-6-16(7-15)23-28-21(11-34-23)22(31)27-20-8-17-10-30(12-25(26)13-33-14-25)29-19(17)9-18(20)24(2,3)32/h4-11,32H,12-14H2,1-3H3,(H,27,31).